The molecule has 0 amide bonds. The molecular weight excluding hydrogens is 914 g/mol. The molecule has 0 saturated carbocycles. The molecule has 1 aliphatic rings. The highest BCUT2D eigenvalue weighted by Gasteiger charge is 2.44. The summed E-state index contributed by atoms with van der Waals surface area (Å²) in [6.45, 7) is -6.01. The van der Waals surface area contributed by atoms with Gasteiger partial charge in [-0.2, -0.15) is 0 Å². The molecule has 0 nitrogen and oxygen atoms in total. The second-order valence-electron chi connectivity index (χ2n) is 13.5. The molecule has 0 unspecified atom stereocenters. The van der Waals surface area contributed by atoms with Crippen molar-refractivity contribution in [2.75, 3.05) is 0 Å². The van der Waals surface area contributed by atoms with E-state index in [4.69, 9.17) is 0 Å². The summed E-state index contributed by atoms with van der Waals surface area (Å²) in [7, 11) is 0. The summed E-state index contributed by atoms with van der Waals surface area (Å²) in [5, 5.41) is -0.556. The summed E-state index contributed by atoms with van der Waals surface area (Å²) in [6, 6.07) is 7.41. The third kappa shape index (κ3) is 6.19. The van der Waals surface area contributed by atoms with Crippen molar-refractivity contribution >= 4 is 68.7 Å². The molecule has 320 valence electrons. The summed E-state index contributed by atoms with van der Waals surface area (Å²) in [6.07, 6.45) is 0. The molecular formula is C40H8B2F20S. The van der Waals surface area contributed by atoms with Crippen LogP contribution >= 0.6 is 11.8 Å². The van der Waals surface area contributed by atoms with Gasteiger partial charge in [-0.25, -0.2) is 87.8 Å². The molecule has 0 N–H and O–H groups in total. The molecule has 0 aliphatic carbocycles. The molecule has 8 rings (SSSR count). The maximum absolute atomic E-state index is 15.5. The van der Waals surface area contributed by atoms with Crippen molar-refractivity contribution in [2.45, 2.75) is 9.79 Å². The Kier molecular flexibility index (Phi) is 10.6. The lowest BCUT2D eigenvalue weighted by Gasteiger charge is -2.26. The van der Waals surface area contributed by atoms with E-state index in [1.165, 1.54) is 6.07 Å². The fraction of sp³-hybridized carbons (Fsp3) is 0. The first-order valence-corrected chi connectivity index (χ1v) is 17.9. The zero-order valence-corrected chi connectivity index (χ0v) is 30.6. The van der Waals surface area contributed by atoms with Gasteiger partial charge in [-0.15, -0.1) is 0 Å². The largest absolute Gasteiger partial charge is 0.257 e. The minimum atomic E-state index is -3.01. The van der Waals surface area contributed by atoms with Crippen LogP contribution in [0.15, 0.2) is 58.3 Å². The van der Waals surface area contributed by atoms with Gasteiger partial charge in [0.2, 0.25) is 0 Å². The first kappa shape index (κ1) is 43.5. The molecule has 0 spiro atoms. The average molecular weight is 922 g/mol. The second kappa shape index (κ2) is 15.3. The Morgan fingerprint density at radius 1 is 0.302 bits per heavy atom. The Bertz CT molecular complexity index is 2940. The minimum absolute atomic E-state index is 0.0772. The first-order chi connectivity index (χ1) is 29.6. The Hall–Kier alpha value is -6.12. The molecule has 7 aromatic rings. The van der Waals surface area contributed by atoms with E-state index >= 15 is 35.1 Å². The van der Waals surface area contributed by atoms with Gasteiger partial charge >= 0.3 is 0 Å². The molecule has 1 heterocycles. The highest BCUT2D eigenvalue weighted by Crippen LogP contribution is 2.47. The van der Waals surface area contributed by atoms with Crippen molar-refractivity contribution in [3.05, 3.63) is 165 Å². The highest BCUT2D eigenvalue weighted by molar-refractivity contribution is 7.99. The van der Waals surface area contributed by atoms with E-state index in [0.29, 0.717) is 17.8 Å². The van der Waals surface area contributed by atoms with Crippen molar-refractivity contribution < 1.29 is 87.8 Å². The normalized spacial score (nSPS) is 12.1. The molecule has 0 saturated heterocycles. The van der Waals surface area contributed by atoms with Gasteiger partial charge in [-0.05, 0) is 22.6 Å². The Balaban J connectivity index is 1.40. The molecule has 0 radical (unpaired) electrons. The third-order valence-corrected chi connectivity index (χ3v) is 11.4. The van der Waals surface area contributed by atoms with E-state index in [0.717, 1.165) is 36.4 Å². The van der Waals surface area contributed by atoms with Crippen LogP contribution < -0.4 is 32.8 Å². The molecule has 0 bridgehead atoms. The van der Waals surface area contributed by atoms with E-state index < -0.39 is 168 Å². The molecule has 7 aromatic carbocycles. The molecule has 63 heavy (non-hydrogen) atoms. The predicted octanol–water partition coefficient (Wildman–Crippen LogP) is 8.79. The number of hydrogen-bond donors (Lipinski definition) is 0. The zero-order chi connectivity index (χ0) is 46.0. The zero-order valence-electron chi connectivity index (χ0n) is 29.7. The summed E-state index contributed by atoms with van der Waals surface area (Å²) in [4.78, 5) is -0.263. The van der Waals surface area contributed by atoms with E-state index in [9.17, 15) is 52.7 Å². The lowest BCUT2D eigenvalue weighted by atomic mass is 9.35. The van der Waals surface area contributed by atoms with Crippen LogP contribution in [0, 0.1) is 116 Å². The molecule has 0 aromatic heterocycles. The van der Waals surface area contributed by atoms with E-state index in [-0.39, 0.29) is 26.3 Å². The topological polar surface area (TPSA) is 0 Å². The van der Waals surface area contributed by atoms with Gasteiger partial charge in [0.05, 0.1) is 0 Å². The van der Waals surface area contributed by atoms with Crippen LogP contribution in [0.2, 0.25) is 0 Å². The van der Waals surface area contributed by atoms with Gasteiger partial charge in [-0.3, -0.25) is 0 Å². The number of hydrogen-bond acceptors (Lipinski definition) is 1. The van der Waals surface area contributed by atoms with Crippen molar-refractivity contribution in [3.63, 3.8) is 0 Å². The van der Waals surface area contributed by atoms with Crippen LogP contribution in [0.5, 0.6) is 0 Å². The highest BCUT2D eigenvalue weighted by atomic mass is 32.2. The summed E-state index contributed by atoms with van der Waals surface area (Å²) in [5.41, 5.74) is -10.1. The Morgan fingerprint density at radius 3 is 1.02 bits per heavy atom. The van der Waals surface area contributed by atoms with Gasteiger partial charge in [0.1, 0.15) is 0 Å². The van der Waals surface area contributed by atoms with E-state index in [1.54, 1.807) is 0 Å². The number of rotatable bonds is 6. The van der Waals surface area contributed by atoms with Gasteiger partial charge < -0.3 is 0 Å². The van der Waals surface area contributed by atoms with Crippen LogP contribution in [0.25, 0.3) is 21.9 Å². The van der Waals surface area contributed by atoms with Gasteiger partial charge in [-0.1, -0.05) is 65.2 Å². The first-order valence-electron chi connectivity index (χ1n) is 17.1. The fourth-order valence-electron chi connectivity index (χ4n) is 7.54. The number of benzene rings is 7. The van der Waals surface area contributed by atoms with Crippen molar-refractivity contribution in [2.24, 2.45) is 0 Å². The molecule has 23 heteroatoms. The molecule has 0 atom stereocenters. The fourth-order valence-corrected chi connectivity index (χ4v) is 8.72. The molecule has 0 fully saturated rings. The van der Waals surface area contributed by atoms with Crippen molar-refractivity contribution in [1.82, 2.24) is 0 Å². The van der Waals surface area contributed by atoms with Crippen molar-refractivity contribution in [1.29, 1.82) is 0 Å². The summed E-state index contributed by atoms with van der Waals surface area (Å²) in [5.74, 6) is -54.2. The third-order valence-electron chi connectivity index (χ3n) is 10.3. The quantitative estimate of drug-likeness (QED) is 0.0697. The smallest absolute Gasteiger partial charge is 0.204 e. The van der Waals surface area contributed by atoms with Gasteiger partial charge in [0.15, 0.2) is 116 Å². The summed E-state index contributed by atoms with van der Waals surface area (Å²) >= 11 is 0.543. The maximum atomic E-state index is 15.5. The van der Waals surface area contributed by atoms with Crippen LogP contribution in [0.1, 0.15) is 0 Å². The average Bonchev–Trinajstić information content (AvgIpc) is 3.27. The lowest BCUT2D eigenvalue weighted by Crippen LogP contribution is -2.58. The van der Waals surface area contributed by atoms with Gasteiger partial charge in [0.25, 0.3) is 13.4 Å². The number of halogens is 20. The minimum Gasteiger partial charge on any atom is -0.204 e. The number of fused-ring (bicyclic) bond motifs is 2. The Labute approximate surface area is 341 Å². The monoisotopic (exact) mass is 922 g/mol. The SMILES string of the molecule is Fc1c(F)c(F)c(B(c2ccc3c(c2)Sc2cccc4c(B(c5c(F)c(F)c(F)c(F)c5F)c5c(F)c(F)c(F)c(F)c5F)ccc-3c24)c2c(F)c(F)c(F)c(F)c2F)c(F)c1F. The molecule has 1 aliphatic heterocycles. The van der Waals surface area contributed by atoms with Crippen LogP contribution in [0.4, 0.5) is 87.8 Å². The van der Waals surface area contributed by atoms with Crippen LogP contribution in [-0.4, -0.2) is 13.4 Å². The lowest BCUT2D eigenvalue weighted by molar-refractivity contribution is 0.382. The second-order valence-corrected chi connectivity index (χ2v) is 14.6. The van der Waals surface area contributed by atoms with Crippen LogP contribution in [0.3, 0.4) is 0 Å². The van der Waals surface area contributed by atoms with E-state index in [1.807, 2.05) is 0 Å². The van der Waals surface area contributed by atoms with Crippen molar-refractivity contribution in [3.8, 4) is 11.1 Å². The maximum Gasteiger partial charge on any atom is 0.257 e. The van der Waals surface area contributed by atoms with Gasteiger partial charge in [0, 0.05) is 37.0 Å². The summed E-state index contributed by atoms with van der Waals surface area (Å²) < 4.78 is 297. The predicted molar refractivity (Wildman–Crippen MR) is 188 cm³/mol. The van der Waals surface area contributed by atoms with E-state index in [2.05, 4.69) is 0 Å². The van der Waals surface area contributed by atoms with Crippen LogP contribution in [-0.2, 0) is 0 Å². The Morgan fingerprint density at radius 2 is 0.635 bits per heavy atom. The standard InChI is InChI=1S/C40H8B2F20S/c43-21-17(22(44)30(52)37(59)29(21)51)41(18-23(45)31(53)38(60)32(54)24(18)46)9-4-5-10-11-6-7-13(12-2-1-3-14(16(11)12)63-15(10)8-9)42(19-25(47)33(55)39(61)34(56)26(19)48)20-27(49)35(57)40(62)36(58)28(20)50/h1-8H.